The Morgan fingerprint density at radius 2 is 1.77 bits per heavy atom. The van der Waals surface area contributed by atoms with Gasteiger partial charge in [-0.3, -0.25) is 19.8 Å². The lowest BCUT2D eigenvalue weighted by Crippen LogP contribution is -2.18. The predicted octanol–water partition coefficient (Wildman–Crippen LogP) is 4.91. The molecule has 0 spiro atoms. The first-order valence-corrected chi connectivity index (χ1v) is 11.7. The molecule has 0 bridgehead atoms. The van der Waals surface area contributed by atoms with Crippen molar-refractivity contribution in [2.45, 2.75) is 4.90 Å². The van der Waals surface area contributed by atoms with Gasteiger partial charge in [-0.2, -0.15) is 0 Å². The molecule has 0 aliphatic carbocycles. The maximum absolute atomic E-state index is 12.8. The van der Waals surface area contributed by atoms with E-state index in [4.69, 9.17) is 11.6 Å². The minimum absolute atomic E-state index is 0.0353. The minimum atomic E-state index is -3.90. The standard InChI is InChI=1S/C21H15ClN4O3S2/c22-15-7-9-16(10-8-15)31(28,29)26-18-6-2-1-5-17(18)20(27)25-21-24-19(13-30-21)14-4-3-11-23-12-14/h1-13,26H,(H,24,25,27). The van der Waals surface area contributed by atoms with Gasteiger partial charge < -0.3 is 0 Å². The van der Waals surface area contributed by atoms with Gasteiger partial charge in [0.15, 0.2) is 5.13 Å². The molecule has 2 heterocycles. The number of carbonyl (C=O) groups excluding carboxylic acids is 1. The number of pyridine rings is 1. The molecular formula is C21H15ClN4O3S2. The summed E-state index contributed by atoms with van der Waals surface area (Å²) in [6, 6.07) is 15.8. The van der Waals surface area contributed by atoms with Crippen LogP contribution in [0.15, 0.2) is 83.3 Å². The molecule has 31 heavy (non-hydrogen) atoms. The molecule has 2 aromatic carbocycles. The van der Waals surface area contributed by atoms with E-state index >= 15 is 0 Å². The summed E-state index contributed by atoms with van der Waals surface area (Å²) >= 11 is 7.09. The Balaban J connectivity index is 1.55. The van der Waals surface area contributed by atoms with Crippen LogP contribution in [0.4, 0.5) is 10.8 Å². The van der Waals surface area contributed by atoms with Crippen LogP contribution in [0.3, 0.4) is 0 Å². The highest BCUT2D eigenvalue weighted by atomic mass is 35.5. The lowest BCUT2D eigenvalue weighted by Gasteiger charge is -2.12. The van der Waals surface area contributed by atoms with Gasteiger partial charge in [-0.05, 0) is 48.5 Å². The second kappa shape index (κ2) is 8.84. The lowest BCUT2D eigenvalue weighted by molar-refractivity contribution is 0.102. The zero-order valence-electron chi connectivity index (χ0n) is 15.8. The molecule has 2 aromatic heterocycles. The smallest absolute Gasteiger partial charge is 0.261 e. The number of anilines is 2. The number of halogens is 1. The van der Waals surface area contributed by atoms with Crippen LogP contribution in [-0.2, 0) is 10.0 Å². The van der Waals surface area contributed by atoms with Crippen LogP contribution in [0.5, 0.6) is 0 Å². The van der Waals surface area contributed by atoms with Gasteiger partial charge in [-0.25, -0.2) is 13.4 Å². The molecule has 7 nitrogen and oxygen atoms in total. The maximum atomic E-state index is 12.8. The van der Waals surface area contributed by atoms with E-state index in [0.29, 0.717) is 15.8 Å². The normalized spacial score (nSPS) is 11.1. The summed E-state index contributed by atoms with van der Waals surface area (Å²) in [4.78, 5) is 21.3. The number of amides is 1. The van der Waals surface area contributed by atoms with Gasteiger partial charge in [-0.1, -0.05) is 23.7 Å². The average Bonchev–Trinajstić information content (AvgIpc) is 3.23. The number of benzene rings is 2. The first-order valence-electron chi connectivity index (χ1n) is 8.97. The first-order chi connectivity index (χ1) is 14.9. The number of thiazole rings is 1. The fourth-order valence-electron chi connectivity index (χ4n) is 2.73. The molecule has 0 fully saturated rings. The Hall–Kier alpha value is -3.27. The molecule has 0 atom stereocenters. The Kier molecular flexibility index (Phi) is 5.99. The quantitative estimate of drug-likeness (QED) is 0.417. The van der Waals surface area contributed by atoms with Crippen molar-refractivity contribution in [2.75, 3.05) is 10.0 Å². The van der Waals surface area contributed by atoms with Crippen LogP contribution in [0, 0.1) is 0 Å². The topological polar surface area (TPSA) is 101 Å². The average molecular weight is 471 g/mol. The van der Waals surface area contributed by atoms with Crippen molar-refractivity contribution in [1.29, 1.82) is 0 Å². The summed E-state index contributed by atoms with van der Waals surface area (Å²) < 4.78 is 27.9. The summed E-state index contributed by atoms with van der Waals surface area (Å²) in [6.45, 7) is 0. The third-order valence-corrected chi connectivity index (χ3v) is 6.61. The number of hydrogen-bond acceptors (Lipinski definition) is 6. The van der Waals surface area contributed by atoms with E-state index in [-0.39, 0.29) is 16.1 Å². The molecule has 2 N–H and O–H groups in total. The number of nitrogens with zero attached hydrogens (tertiary/aromatic N) is 2. The molecule has 10 heteroatoms. The van der Waals surface area contributed by atoms with Crippen LogP contribution >= 0.6 is 22.9 Å². The highest BCUT2D eigenvalue weighted by Crippen LogP contribution is 2.26. The van der Waals surface area contributed by atoms with Gasteiger partial charge in [0.25, 0.3) is 15.9 Å². The van der Waals surface area contributed by atoms with Gasteiger partial charge in [-0.15, -0.1) is 11.3 Å². The van der Waals surface area contributed by atoms with Crippen LogP contribution in [-0.4, -0.2) is 24.3 Å². The number of nitrogens with one attached hydrogen (secondary N) is 2. The molecule has 0 aliphatic heterocycles. The third-order valence-electron chi connectivity index (χ3n) is 4.22. The van der Waals surface area contributed by atoms with E-state index in [0.717, 1.165) is 5.56 Å². The monoisotopic (exact) mass is 470 g/mol. The Morgan fingerprint density at radius 1 is 1.00 bits per heavy atom. The van der Waals surface area contributed by atoms with Crippen LogP contribution in [0.25, 0.3) is 11.3 Å². The number of para-hydroxylation sites is 1. The van der Waals surface area contributed by atoms with E-state index in [1.165, 1.54) is 47.7 Å². The van der Waals surface area contributed by atoms with Crippen molar-refractivity contribution in [3.63, 3.8) is 0 Å². The number of rotatable bonds is 6. The maximum Gasteiger partial charge on any atom is 0.261 e. The SMILES string of the molecule is O=C(Nc1nc(-c2cccnc2)cs1)c1ccccc1NS(=O)(=O)c1ccc(Cl)cc1. The summed E-state index contributed by atoms with van der Waals surface area (Å²) in [5.41, 5.74) is 1.83. The van der Waals surface area contributed by atoms with Gasteiger partial charge in [0.05, 0.1) is 21.8 Å². The molecule has 1 amide bonds. The van der Waals surface area contributed by atoms with Gasteiger partial charge in [0.2, 0.25) is 0 Å². The predicted molar refractivity (Wildman–Crippen MR) is 122 cm³/mol. The largest absolute Gasteiger partial charge is 0.298 e. The molecule has 0 saturated heterocycles. The molecule has 4 aromatic rings. The zero-order chi connectivity index (χ0) is 21.8. The molecule has 156 valence electrons. The number of aromatic nitrogens is 2. The summed E-state index contributed by atoms with van der Waals surface area (Å²) in [6.07, 6.45) is 3.35. The van der Waals surface area contributed by atoms with Crippen LogP contribution in [0.1, 0.15) is 10.4 Å². The fourth-order valence-corrected chi connectivity index (χ4v) is 4.65. The van der Waals surface area contributed by atoms with Crippen molar-refractivity contribution in [3.05, 3.63) is 89.0 Å². The second-order valence-corrected chi connectivity index (χ2v) is 9.32. The molecule has 0 saturated carbocycles. The van der Waals surface area contributed by atoms with Crippen molar-refractivity contribution in [2.24, 2.45) is 0 Å². The highest BCUT2D eigenvalue weighted by Gasteiger charge is 2.19. The summed E-state index contributed by atoms with van der Waals surface area (Å²) in [7, 11) is -3.90. The second-order valence-electron chi connectivity index (χ2n) is 6.34. The van der Waals surface area contributed by atoms with E-state index in [2.05, 4.69) is 20.0 Å². The molecule has 4 rings (SSSR count). The highest BCUT2D eigenvalue weighted by molar-refractivity contribution is 7.92. The molecule has 0 unspecified atom stereocenters. The zero-order valence-corrected chi connectivity index (χ0v) is 18.2. The van der Waals surface area contributed by atoms with E-state index < -0.39 is 15.9 Å². The van der Waals surface area contributed by atoms with Crippen LogP contribution in [0.2, 0.25) is 5.02 Å². The Morgan fingerprint density at radius 3 is 2.52 bits per heavy atom. The Labute approximate surface area is 187 Å². The van der Waals surface area contributed by atoms with Crippen molar-refractivity contribution < 1.29 is 13.2 Å². The van der Waals surface area contributed by atoms with Crippen LogP contribution < -0.4 is 10.0 Å². The Bertz CT molecular complexity index is 1320. The van der Waals surface area contributed by atoms with Crippen molar-refractivity contribution in [1.82, 2.24) is 9.97 Å². The first kappa shape index (κ1) is 21.0. The summed E-state index contributed by atoms with van der Waals surface area (Å²) in [5.74, 6) is -0.485. The third kappa shape index (κ3) is 4.91. The number of carbonyl (C=O) groups is 1. The number of hydrogen-bond donors (Lipinski definition) is 2. The molecule has 0 radical (unpaired) electrons. The molecule has 0 aliphatic rings. The van der Waals surface area contributed by atoms with Gasteiger partial charge >= 0.3 is 0 Å². The van der Waals surface area contributed by atoms with E-state index in [1.54, 1.807) is 30.6 Å². The van der Waals surface area contributed by atoms with Gasteiger partial charge in [0.1, 0.15) is 0 Å². The van der Waals surface area contributed by atoms with E-state index in [9.17, 15) is 13.2 Å². The lowest BCUT2D eigenvalue weighted by atomic mass is 10.2. The number of sulfonamides is 1. The molecular weight excluding hydrogens is 456 g/mol. The minimum Gasteiger partial charge on any atom is -0.298 e. The van der Waals surface area contributed by atoms with E-state index in [1.807, 2.05) is 11.4 Å². The van der Waals surface area contributed by atoms with Crippen molar-refractivity contribution in [3.8, 4) is 11.3 Å². The fraction of sp³-hybridized carbons (Fsp3) is 0. The summed E-state index contributed by atoms with van der Waals surface area (Å²) in [5, 5.41) is 5.34. The van der Waals surface area contributed by atoms with Gasteiger partial charge in [0, 0.05) is 28.4 Å². The van der Waals surface area contributed by atoms with Crippen molar-refractivity contribution >= 4 is 49.7 Å².